The smallest absolute Gasteiger partial charge is 0.0998 e. The molecule has 7 aromatic carbocycles. The molecule has 1 aliphatic rings. The van der Waals surface area contributed by atoms with Gasteiger partial charge in [-0.1, -0.05) is 203 Å². The summed E-state index contributed by atoms with van der Waals surface area (Å²) < 4.78 is 0. The first-order valence-corrected chi connectivity index (χ1v) is 26.9. The van der Waals surface area contributed by atoms with E-state index >= 15 is 0 Å². The summed E-state index contributed by atoms with van der Waals surface area (Å²) >= 11 is 0. The lowest BCUT2D eigenvalue weighted by atomic mass is 9.69. The summed E-state index contributed by atoms with van der Waals surface area (Å²) in [4.78, 5) is 4.71. The number of rotatable bonds is 22. The van der Waals surface area contributed by atoms with Crippen molar-refractivity contribution in [3.8, 4) is 23.3 Å². The Morgan fingerprint density at radius 3 is 1.44 bits per heavy atom. The highest BCUT2D eigenvalue weighted by molar-refractivity contribution is 5.97. The summed E-state index contributed by atoms with van der Waals surface area (Å²) in [5, 5.41) is 22.3. The molecular weight excluding hydrogens is 873 g/mol. The molecule has 4 heteroatoms. The maximum atomic E-state index is 11.6. The van der Waals surface area contributed by atoms with Gasteiger partial charge in [0.1, 0.15) is 0 Å². The molecule has 0 radical (unpaired) electrons. The maximum absolute atomic E-state index is 11.6. The Kier molecular flexibility index (Phi) is 17.0. The fourth-order valence-electron chi connectivity index (χ4n) is 11.2. The molecule has 0 saturated heterocycles. The predicted molar refractivity (Wildman–Crippen MR) is 306 cm³/mol. The molecule has 1 aliphatic carbocycles. The van der Waals surface area contributed by atoms with E-state index in [4.69, 9.17) is 0 Å². The maximum Gasteiger partial charge on any atom is 0.0998 e. The third kappa shape index (κ3) is 10.9. The summed E-state index contributed by atoms with van der Waals surface area (Å²) in [6.45, 7) is 15.8. The van der Waals surface area contributed by atoms with E-state index in [1.54, 1.807) is 0 Å². The number of hydrogen-bond acceptors (Lipinski definition) is 4. The van der Waals surface area contributed by atoms with Gasteiger partial charge in [0.05, 0.1) is 35.0 Å². The van der Waals surface area contributed by atoms with Crippen molar-refractivity contribution in [2.45, 2.75) is 130 Å². The van der Waals surface area contributed by atoms with Crippen molar-refractivity contribution in [3.63, 3.8) is 0 Å². The Morgan fingerprint density at radius 1 is 0.528 bits per heavy atom. The first-order valence-electron chi connectivity index (χ1n) is 26.9. The van der Waals surface area contributed by atoms with E-state index in [1.807, 2.05) is 0 Å². The Balaban J connectivity index is 1.38. The SMILES string of the molecule is CCCCCCC1(CCCCCC)c2cc(/C(C#N)=C/c3cc(N(c4ccccc4)c4ccccc4)c(C(C)C)cc3N(c3ccccc3)c3ccccc3)ccc2-c2ccc(C(C#N)C(C)C(C)C)cc21. The minimum absolute atomic E-state index is 0.161. The molecule has 2 atom stereocenters. The van der Waals surface area contributed by atoms with Crippen molar-refractivity contribution >= 4 is 45.8 Å². The second-order valence-corrected chi connectivity index (χ2v) is 20.8. The molecule has 7 aromatic rings. The van der Waals surface area contributed by atoms with Crippen LogP contribution >= 0.6 is 0 Å². The topological polar surface area (TPSA) is 54.1 Å². The average Bonchev–Trinajstić information content (AvgIpc) is 3.67. The second-order valence-electron chi connectivity index (χ2n) is 20.8. The highest BCUT2D eigenvalue weighted by Crippen LogP contribution is 2.56. The number of anilines is 6. The summed E-state index contributed by atoms with van der Waals surface area (Å²) in [7, 11) is 0. The molecule has 72 heavy (non-hydrogen) atoms. The minimum Gasteiger partial charge on any atom is -0.310 e. The molecule has 366 valence electrons. The monoisotopic (exact) mass is 947 g/mol. The van der Waals surface area contributed by atoms with Crippen LogP contribution in [0, 0.1) is 34.5 Å². The molecule has 0 saturated carbocycles. The van der Waals surface area contributed by atoms with Gasteiger partial charge in [-0.15, -0.1) is 0 Å². The molecule has 0 amide bonds. The lowest BCUT2D eigenvalue weighted by molar-refractivity contribution is 0.385. The Bertz CT molecular complexity index is 2900. The molecule has 0 spiro atoms. The van der Waals surface area contributed by atoms with Gasteiger partial charge in [0.15, 0.2) is 0 Å². The summed E-state index contributed by atoms with van der Waals surface area (Å²) in [6, 6.07) is 66.5. The number of benzene rings is 7. The van der Waals surface area contributed by atoms with Crippen LogP contribution in [0.25, 0.3) is 22.8 Å². The van der Waals surface area contributed by atoms with Crippen LogP contribution in [0.5, 0.6) is 0 Å². The number of para-hydroxylation sites is 4. The van der Waals surface area contributed by atoms with Gasteiger partial charge in [0.25, 0.3) is 0 Å². The number of hydrogen-bond donors (Lipinski definition) is 0. The number of nitriles is 2. The quantitative estimate of drug-likeness (QED) is 0.0386. The van der Waals surface area contributed by atoms with Crippen LogP contribution in [0.4, 0.5) is 34.1 Å². The molecule has 0 aliphatic heterocycles. The van der Waals surface area contributed by atoms with Gasteiger partial charge in [-0.05, 0) is 142 Å². The molecule has 2 unspecified atom stereocenters. The van der Waals surface area contributed by atoms with E-state index in [0.717, 1.165) is 76.5 Å². The Labute approximate surface area is 432 Å². The molecular formula is C68H74N4. The molecule has 0 N–H and O–H groups in total. The van der Waals surface area contributed by atoms with E-state index in [1.165, 1.54) is 66.3 Å². The van der Waals surface area contributed by atoms with Gasteiger partial charge in [-0.25, -0.2) is 0 Å². The number of unbranched alkanes of at least 4 members (excludes halogenated alkanes) is 6. The fraction of sp³-hybridized carbons (Fsp3) is 0.324. The first-order chi connectivity index (χ1) is 35.1. The van der Waals surface area contributed by atoms with Crippen molar-refractivity contribution in [2.75, 3.05) is 9.80 Å². The van der Waals surface area contributed by atoms with Crippen molar-refractivity contribution in [2.24, 2.45) is 11.8 Å². The van der Waals surface area contributed by atoms with E-state index in [9.17, 15) is 10.5 Å². The second kappa shape index (κ2) is 23.8. The molecule has 0 bridgehead atoms. The van der Waals surface area contributed by atoms with Crippen LogP contribution in [0.3, 0.4) is 0 Å². The van der Waals surface area contributed by atoms with Crippen molar-refractivity contribution in [1.82, 2.24) is 0 Å². The average molecular weight is 947 g/mol. The molecule has 4 nitrogen and oxygen atoms in total. The van der Waals surface area contributed by atoms with Crippen LogP contribution in [-0.2, 0) is 5.41 Å². The van der Waals surface area contributed by atoms with Gasteiger partial charge >= 0.3 is 0 Å². The molecule has 8 rings (SSSR count). The van der Waals surface area contributed by atoms with Gasteiger partial charge in [0, 0.05) is 33.7 Å². The lowest BCUT2D eigenvalue weighted by Crippen LogP contribution is -2.26. The summed E-state index contributed by atoms with van der Waals surface area (Å²) in [5.41, 5.74) is 16.1. The van der Waals surface area contributed by atoms with Crippen molar-refractivity contribution < 1.29 is 0 Å². The largest absolute Gasteiger partial charge is 0.310 e. The zero-order chi connectivity index (χ0) is 50.6. The van der Waals surface area contributed by atoms with E-state index in [0.29, 0.717) is 11.5 Å². The number of nitrogens with zero attached hydrogens (tertiary/aromatic N) is 4. The zero-order valence-electron chi connectivity index (χ0n) is 43.9. The van der Waals surface area contributed by atoms with Crippen LogP contribution < -0.4 is 9.80 Å². The number of fused-ring (bicyclic) bond motifs is 3. The Morgan fingerprint density at radius 2 is 1.00 bits per heavy atom. The van der Waals surface area contributed by atoms with Gasteiger partial charge in [0.2, 0.25) is 0 Å². The zero-order valence-corrected chi connectivity index (χ0v) is 43.9. The van der Waals surface area contributed by atoms with Crippen LogP contribution in [0.2, 0.25) is 0 Å². The van der Waals surface area contributed by atoms with E-state index < -0.39 is 0 Å². The van der Waals surface area contributed by atoms with Crippen molar-refractivity contribution in [3.05, 3.63) is 203 Å². The normalized spacial score (nSPS) is 13.5. The lowest BCUT2D eigenvalue weighted by Gasteiger charge is -2.34. The first kappa shape index (κ1) is 51.2. The van der Waals surface area contributed by atoms with Crippen LogP contribution in [-0.4, -0.2) is 0 Å². The summed E-state index contributed by atoms with van der Waals surface area (Å²) in [6.07, 6.45) is 13.6. The van der Waals surface area contributed by atoms with Gasteiger partial charge < -0.3 is 9.80 Å². The molecule has 0 fully saturated rings. The predicted octanol–water partition coefficient (Wildman–Crippen LogP) is 19.9. The fourth-order valence-corrected chi connectivity index (χ4v) is 11.2. The third-order valence-electron chi connectivity index (χ3n) is 15.4. The Hall–Kier alpha value is -7.14. The standard InChI is InChI=1S/C68H74N4/c1-8-10-12-26-40-68(41-27-13-11-9-2)64-43-52(36-38-60(64)61-39-37-53(44-65(61)68)63(48-70)51(7)49(3)4)55(47-69)42-54-45-67(72(58-32-22-16-23-33-58)59-34-24-17-25-35-59)62(50(5)6)46-66(54)71(56-28-18-14-19-29-56)57-30-20-15-21-31-57/h14-25,28-39,42-46,49-51,63H,8-13,26-27,40-41H2,1-7H3/b55-42+. The highest BCUT2D eigenvalue weighted by Gasteiger charge is 2.43. The van der Waals surface area contributed by atoms with Crippen molar-refractivity contribution in [1.29, 1.82) is 10.5 Å². The molecule has 0 heterocycles. The highest BCUT2D eigenvalue weighted by atomic mass is 15.2. The van der Waals surface area contributed by atoms with Gasteiger partial charge in [-0.3, -0.25) is 0 Å². The van der Waals surface area contributed by atoms with Crippen LogP contribution in [0.1, 0.15) is 158 Å². The number of allylic oxidation sites excluding steroid dienone is 1. The van der Waals surface area contributed by atoms with Gasteiger partial charge in [-0.2, -0.15) is 10.5 Å². The third-order valence-corrected chi connectivity index (χ3v) is 15.4. The van der Waals surface area contributed by atoms with E-state index in [2.05, 4.69) is 246 Å². The molecule has 0 aromatic heterocycles. The van der Waals surface area contributed by atoms with Crippen LogP contribution in [0.15, 0.2) is 170 Å². The summed E-state index contributed by atoms with van der Waals surface area (Å²) in [5.74, 6) is 0.585. The van der Waals surface area contributed by atoms with E-state index in [-0.39, 0.29) is 23.2 Å². The minimum atomic E-state index is -0.236.